The fraction of sp³-hybridized carbons (Fsp3) is 0.250. The molecule has 0 bridgehead atoms. The van der Waals surface area contributed by atoms with Gasteiger partial charge in [0.25, 0.3) is 0 Å². The normalized spacial score (nSPS) is 10.4. The van der Waals surface area contributed by atoms with E-state index in [0.29, 0.717) is 0 Å². The molecule has 1 nitrogen and oxygen atoms in total. The van der Waals surface area contributed by atoms with E-state index in [1.54, 1.807) is 0 Å². The van der Waals surface area contributed by atoms with E-state index in [2.05, 4.69) is 19.1 Å². The van der Waals surface area contributed by atoms with Crippen LogP contribution >= 0.6 is 11.6 Å². The van der Waals surface area contributed by atoms with Crippen molar-refractivity contribution in [1.82, 2.24) is 0 Å². The van der Waals surface area contributed by atoms with Gasteiger partial charge < -0.3 is 0 Å². The van der Waals surface area contributed by atoms with Crippen LogP contribution in [-0.2, 0) is 0 Å². The fourth-order valence-electron chi connectivity index (χ4n) is 1.81. The van der Waals surface area contributed by atoms with Crippen LogP contribution in [0.2, 0.25) is 9.46 Å². The predicted octanol–water partition coefficient (Wildman–Crippen LogP) is 5.22. The third-order valence-electron chi connectivity index (χ3n) is 2.84. The molecule has 98 valence electrons. The Morgan fingerprint density at radius 2 is 1.89 bits per heavy atom. The summed E-state index contributed by atoms with van der Waals surface area (Å²) in [6.45, 7) is 2.22. The van der Waals surface area contributed by atoms with E-state index in [1.165, 1.54) is 17.3 Å². The van der Waals surface area contributed by atoms with Gasteiger partial charge in [0, 0.05) is 0 Å². The van der Waals surface area contributed by atoms with Gasteiger partial charge in [-0.2, -0.15) is 0 Å². The van der Waals surface area contributed by atoms with Gasteiger partial charge >= 0.3 is 131 Å². The van der Waals surface area contributed by atoms with Crippen molar-refractivity contribution in [2.75, 3.05) is 0 Å². The van der Waals surface area contributed by atoms with Crippen molar-refractivity contribution in [2.24, 2.45) is 0 Å². The third-order valence-corrected chi connectivity index (χ3v) is 5.71. The summed E-state index contributed by atoms with van der Waals surface area (Å²) in [5, 5.41) is 0.755. The zero-order chi connectivity index (χ0) is 13.5. The van der Waals surface area contributed by atoms with Gasteiger partial charge in [-0.15, -0.1) is 0 Å². The second-order valence-corrected chi connectivity index (χ2v) is 7.63. The van der Waals surface area contributed by atoms with E-state index in [0.717, 1.165) is 21.9 Å². The van der Waals surface area contributed by atoms with Gasteiger partial charge in [-0.25, -0.2) is 0 Å². The monoisotopic (exact) mass is 380 g/mol. The Labute approximate surface area is 130 Å². The van der Waals surface area contributed by atoms with E-state index in [-0.39, 0.29) is 0 Å². The van der Waals surface area contributed by atoms with Crippen LogP contribution in [0.25, 0.3) is 11.1 Å². The Kier molecular flexibility index (Phi) is 6.05. The standard InChI is InChI=1S/C12H9ClO.C4H9.Sn/c13-10-6-7-12(14)11(8-10)9-4-2-1-3-5-9;1-3-4-2;/h1-8,14H;1,3-4H2,2H3;/q;;+1/p-1. The minimum atomic E-state index is -0.757. The molecule has 2 aromatic carbocycles. The molecule has 2 aromatic rings. The molecule has 0 aliphatic heterocycles. The van der Waals surface area contributed by atoms with Gasteiger partial charge in [0.2, 0.25) is 0 Å². The van der Waals surface area contributed by atoms with Gasteiger partial charge in [-0.3, -0.25) is 0 Å². The van der Waals surface area contributed by atoms with Crippen LogP contribution in [0.5, 0.6) is 5.75 Å². The van der Waals surface area contributed by atoms with Gasteiger partial charge in [-0.05, 0) is 0 Å². The zero-order valence-electron chi connectivity index (χ0n) is 11.0. The first kappa shape index (κ1) is 14.7. The van der Waals surface area contributed by atoms with Crippen LogP contribution < -0.4 is 3.07 Å². The molecule has 0 unspecified atom stereocenters. The predicted molar refractivity (Wildman–Crippen MR) is 83.0 cm³/mol. The first-order valence-corrected chi connectivity index (χ1v) is 10.1. The summed E-state index contributed by atoms with van der Waals surface area (Å²) in [4.78, 5) is 0. The summed E-state index contributed by atoms with van der Waals surface area (Å²) >= 11 is 5.35. The molecule has 0 aliphatic carbocycles. The summed E-state index contributed by atoms with van der Waals surface area (Å²) in [5.74, 6) is 0.985. The van der Waals surface area contributed by atoms with Crippen LogP contribution in [0.4, 0.5) is 0 Å². The average Bonchev–Trinajstić information content (AvgIpc) is 2.46. The Hall–Kier alpha value is -0.671. The second-order valence-electron chi connectivity index (χ2n) is 4.36. The number of hydrogen-bond acceptors (Lipinski definition) is 1. The average molecular weight is 379 g/mol. The SMILES string of the molecule is CCC[CH2][Sn][O]c1ccc(Cl)cc1-c1ccccc1. The minimum absolute atomic E-state index is 0.755. The maximum absolute atomic E-state index is 6.11. The van der Waals surface area contributed by atoms with Gasteiger partial charge in [0.1, 0.15) is 0 Å². The summed E-state index contributed by atoms with van der Waals surface area (Å²) in [6, 6.07) is 16.2. The number of unbranched alkanes of at least 4 members (excludes halogenated alkanes) is 1. The number of hydrogen-bond donors (Lipinski definition) is 0. The number of benzene rings is 2. The van der Waals surface area contributed by atoms with Crippen molar-refractivity contribution in [3.63, 3.8) is 0 Å². The van der Waals surface area contributed by atoms with Crippen molar-refractivity contribution in [3.8, 4) is 16.9 Å². The Bertz CT molecular complexity index is 513. The third kappa shape index (κ3) is 4.43. The molecule has 19 heavy (non-hydrogen) atoms. The van der Waals surface area contributed by atoms with Gasteiger partial charge in [0.15, 0.2) is 0 Å². The summed E-state index contributed by atoms with van der Waals surface area (Å²) in [5.41, 5.74) is 2.26. The van der Waals surface area contributed by atoms with Crippen molar-refractivity contribution < 1.29 is 3.07 Å². The van der Waals surface area contributed by atoms with Crippen molar-refractivity contribution in [3.05, 3.63) is 53.6 Å². The summed E-state index contributed by atoms with van der Waals surface area (Å²) < 4.78 is 7.32. The molecule has 0 saturated carbocycles. The molecule has 2 rings (SSSR count). The van der Waals surface area contributed by atoms with E-state index < -0.39 is 21.6 Å². The molecule has 0 aliphatic rings. The topological polar surface area (TPSA) is 9.23 Å². The molecule has 0 N–H and O–H groups in total. The molecule has 0 amide bonds. The first-order valence-electron chi connectivity index (χ1n) is 6.56. The van der Waals surface area contributed by atoms with Crippen molar-refractivity contribution >= 4 is 33.2 Å². The van der Waals surface area contributed by atoms with Crippen molar-refractivity contribution in [2.45, 2.75) is 24.2 Å². The van der Waals surface area contributed by atoms with E-state index in [1.807, 2.05) is 36.4 Å². The molecule has 0 fully saturated rings. The zero-order valence-corrected chi connectivity index (χ0v) is 14.6. The second kappa shape index (κ2) is 7.81. The summed E-state index contributed by atoms with van der Waals surface area (Å²) in [7, 11) is 0. The molecule has 0 spiro atoms. The van der Waals surface area contributed by atoms with Gasteiger partial charge in [0.05, 0.1) is 0 Å². The summed E-state index contributed by atoms with van der Waals surface area (Å²) in [6.07, 6.45) is 2.52. The molecule has 0 aromatic heterocycles. The molecular formula is C16H17ClOSn. The Balaban J connectivity index is 2.19. The van der Waals surface area contributed by atoms with Crippen molar-refractivity contribution in [1.29, 1.82) is 0 Å². The fourth-order valence-corrected chi connectivity index (χ4v) is 4.65. The molecule has 0 atom stereocenters. The van der Waals surface area contributed by atoms with Crippen LogP contribution in [-0.4, -0.2) is 21.6 Å². The van der Waals surface area contributed by atoms with Crippen LogP contribution in [0.15, 0.2) is 48.5 Å². The van der Waals surface area contributed by atoms with E-state index >= 15 is 0 Å². The molecule has 3 heteroatoms. The van der Waals surface area contributed by atoms with Crippen LogP contribution in [0.3, 0.4) is 0 Å². The molecule has 2 radical (unpaired) electrons. The van der Waals surface area contributed by atoms with Gasteiger partial charge in [-0.1, -0.05) is 0 Å². The maximum atomic E-state index is 6.11. The Morgan fingerprint density at radius 3 is 2.63 bits per heavy atom. The van der Waals surface area contributed by atoms with E-state index in [4.69, 9.17) is 14.7 Å². The molecular weight excluding hydrogens is 362 g/mol. The quantitative estimate of drug-likeness (QED) is 0.494. The van der Waals surface area contributed by atoms with E-state index in [9.17, 15) is 0 Å². The first-order chi connectivity index (χ1) is 9.31. The number of rotatable bonds is 6. The molecule has 0 saturated heterocycles. The van der Waals surface area contributed by atoms with Crippen LogP contribution in [0.1, 0.15) is 19.8 Å². The van der Waals surface area contributed by atoms with Crippen LogP contribution in [0, 0.1) is 0 Å². The molecule has 0 heterocycles. The Morgan fingerprint density at radius 1 is 1.11 bits per heavy atom. The number of halogens is 1.